The minimum absolute atomic E-state index is 0.144. The molecule has 0 saturated heterocycles. The monoisotopic (exact) mass is 327 g/mol. The standard InChI is InChI=1S/C16H20F3N3O/c1-11(2)10-23-15-4-3-12(7-14(15)16(17,18)19)13-8-21-22(9-13)6-5-20/h3-4,7-9,11H,5-6,10,20H2,1-2H3. The number of halogens is 3. The first kappa shape index (κ1) is 17.3. The molecule has 0 fully saturated rings. The van der Waals surface area contributed by atoms with Crippen LogP contribution in [-0.2, 0) is 12.7 Å². The minimum Gasteiger partial charge on any atom is -0.493 e. The zero-order valence-electron chi connectivity index (χ0n) is 13.1. The lowest BCUT2D eigenvalue weighted by atomic mass is 10.0. The molecule has 0 aliphatic carbocycles. The lowest BCUT2D eigenvalue weighted by Crippen LogP contribution is -2.12. The van der Waals surface area contributed by atoms with Crippen LogP contribution in [0.3, 0.4) is 0 Å². The van der Waals surface area contributed by atoms with Crippen LogP contribution < -0.4 is 10.5 Å². The first-order valence-electron chi connectivity index (χ1n) is 7.38. The minimum atomic E-state index is -4.48. The van der Waals surface area contributed by atoms with Crippen molar-refractivity contribution in [2.45, 2.75) is 26.6 Å². The van der Waals surface area contributed by atoms with Gasteiger partial charge >= 0.3 is 6.18 Å². The first-order valence-corrected chi connectivity index (χ1v) is 7.38. The van der Waals surface area contributed by atoms with Gasteiger partial charge in [0, 0.05) is 18.3 Å². The molecule has 4 nitrogen and oxygen atoms in total. The van der Waals surface area contributed by atoms with Gasteiger partial charge in [-0.2, -0.15) is 18.3 Å². The Morgan fingerprint density at radius 3 is 2.61 bits per heavy atom. The summed E-state index contributed by atoms with van der Waals surface area (Å²) < 4.78 is 46.7. The number of aromatic nitrogens is 2. The number of hydrogen-bond acceptors (Lipinski definition) is 3. The Morgan fingerprint density at radius 1 is 1.26 bits per heavy atom. The third-order valence-electron chi connectivity index (χ3n) is 3.18. The molecule has 23 heavy (non-hydrogen) atoms. The molecule has 0 unspecified atom stereocenters. The fraction of sp³-hybridized carbons (Fsp3) is 0.438. The largest absolute Gasteiger partial charge is 0.493 e. The SMILES string of the molecule is CC(C)COc1ccc(-c2cnn(CCN)c2)cc1C(F)(F)F. The van der Waals surface area contributed by atoms with Crippen LogP contribution in [-0.4, -0.2) is 22.9 Å². The molecule has 7 heteroatoms. The molecule has 1 heterocycles. The fourth-order valence-corrected chi connectivity index (χ4v) is 2.08. The number of rotatable bonds is 6. The highest BCUT2D eigenvalue weighted by Crippen LogP contribution is 2.38. The van der Waals surface area contributed by atoms with Gasteiger partial charge in [-0.05, 0) is 23.6 Å². The number of alkyl halides is 3. The van der Waals surface area contributed by atoms with Crippen LogP contribution in [0.2, 0.25) is 0 Å². The summed E-state index contributed by atoms with van der Waals surface area (Å²) in [6, 6.07) is 4.06. The highest BCUT2D eigenvalue weighted by atomic mass is 19.4. The molecule has 0 saturated carbocycles. The average Bonchev–Trinajstić information content (AvgIpc) is 2.93. The quantitative estimate of drug-likeness (QED) is 0.882. The number of benzene rings is 1. The summed E-state index contributed by atoms with van der Waals surface area (Å²) >= 11 is 0. The molecule has 126 valence electrons. The van der Waals surface area contributed by atoms with Gasteiger partial charge in [0.25, 0.3) is 0 Å². The second-order valence-electron chi connectivity index (χ2n) is 5.69. The summed E-state index contributed by atoms with van der Waals surface area (Å²) in [5.41, 5.74) is 5.72. The van der Waals surface area contributed by atoms with Gasteiger partial charge in [0.1, 0.15) is 5.75 Å². The van der Waals surface area contributed by atoms with Crippen molar-refractivity contribution in [1.82, 2.24) is 9.78 Å². The Morgan fingerprint density at radius 2 is 2.00 bits per heavy atom. The van der Waals surface area contributed by atoms with Gasteiger partial charge < -0.3 is 10.5 Å². The number of hydrogen-bond donors (Lipinski definition) is 1. The van der Waals surface area contributed by atoms with Crippen molar-refractivity contribution >= 4 is 0 Å². The Kier molecular flexibility index (Phi) is 5.30. The molecule has 1 aromatic heterocycles. The summed E-state index contributed by atoms with van der Waals surface area (Å²) in [4.78, 5) is 0. The van der Waals surface area contributed by atoms with E-state index in [4.69, 9.17) is 10.5 Å². The Bertz CT molecular complexity index is 650. The van der Waals surface area contributed by atoms with Gasteiger partial charge in [0.05, 0.1) is 24.9 Å². The van der Waals surface area contributed by atoms with Crippen molar-refractivity contribution in [3.05, 3.63) is 36.2 Å². The molecule has 1 aromatic carbocycles. The number of ether oxygens (including phenoxy) is 1. The van der Waals surface area contributed by atoms with E-state index in [2.05, 4.69) is 5.10 Å². The smallest absolute Gasteiger partial charge is 0.419 e. The van der Waals surface area contributed by atoms with E-state index < -0.39 is 11.7 Å². The van der Waals surface area contributed by atoms with Crippen molar-refractivity contribution in [1.29, 1.82) is 0 Å². The van der Waals surface area contributed by atoms with Crippen molar-refractivity contribution in [2.75, 3.05) is 13.2 Å². The molecule has 0 spiro atoms. The van der Waals surface area contributed by atoms with Gasteiger partial charge in [-0.15, -0.1) is 0 Å². The maximum atomic E-state index is 13.3. The van der Waals surface area contributed by atoms with E-state index in [0.29, 0.717) is 24.2 Å². The number of nitrogens with zero attached hydrogens (tertiary/aromatic N) is 2. The molecule has 2 aromatic rings. The van der Waals surface area contributed by atoms with E-state index in [1.54, 1.807) is 16.9 Å². The van der Waals surface area contributed by atoms with Crippen LogP contribution in [0.25, 0.3) is 11.1 Å². The summed E-state index contributed by atoms with van der Waals surface area (Å²) in [7, 11) is 0. The predicted molar refractivity (Wildman–Crippen MR) is 82.1 cm³/mol. The molecule has 0 aliphatic rings. The van der Waals surface area contributed by atoms with E-state index in [1.807, 2.05) is 13.8 Å². The third-order valence-corrected chi connectivity index (χ3v) is 3.18. The van der Waals surface area contributed by atoms with Gasteiger partial charge in [-0.1, -0.05) is 19.9 Å². The molecule has 0 aliphatic heterocycles. The summed E-state index contributed by atoms with van der Waals surface area (Å²) in [5, 5.41) is 4.08. The molecule has 0 amide bonds. The van der Waals surface area contributed by atoms with Crippen LogP contribution in [0.5, 0.6) is 5.75 Å². The van der Waals surface area contributed by atoms with Crippen molar-refractivity contribution in [3.8, 4) is 16.9 Å². The zero-order valence-corrected chi connectivity index (χ0v) is 13.1. The lowest BCUT2D eigenvalue weighted by Gasteiger charge is -2.16. The van der Waals surface area contributed by atoms with E-state index in [9.17, 15) is 13.2 Å². The van der Waals surface area contributed by atoms with Crippen LogP contribution in [0.15, 0.2) is 30.6 Å². The van der Waals surface area contributed by atoms with Crippen molar-refractivity contribution in [2.24, 2.45) is 11.7 Å². The Balaban J connectivity index is 2.35. The Labute approximate surface area is 133 Å². The average molecular weight is 327 g/mol. The highest BCUT2D eigenvalue weighted by Gasteiger charge is 2.35. The lowest BCUT2D eigenvalue weighted by molar-refractivity contribution is -0.139. The van der Waals surface area contributed by atoms with Gasteiger partial charge in [0.15, 0.2) is 0 Å². The summed E-state index contributed by atoms with van der Waals surface area (Å²) in [6.07, 6.45) is -1.27. The second-order valence-corrected chi connectivity index (χ2v) is 5.69. The third kappa shape index (κ3) is 4.48. The molecular weight excluding hydrogens is 307 g/mol. The summed E-state index contributed by atoms with van der Waals surface area (Å²) in [5.74, 6) is -0.00504. The second kappa shape index (κ2) is 7.04. The van der Waals surface area contributed by atoms with E-state index in [1.165, 1.54) is 12.3 Å². The van der Waals surface area contributed by atoms with E-state index in [-0.39, 0.29) is 18.3 Å². The summed E-state index contributed by atoms with van der Waals surface area (Å²) in [6.45, 7) is 4.93. The van der Waals surface area contributed by atoms with Gasteiger partial charge in [-0.3, -0.25) is 4.68 Å². The van der Waals surface area contributed by atoms with Crippen LogP contribution in [0, 0.1) is 5.92 Å². The molecule has 0 atom stereocenters. The topological polar surface area (TPSA) is 53.1 Å². The molecular formula is C16H20F3N3O. The number of nitrogens with two attached hydrogens (primary N) is 1. The van der Waals surface area contributed by atoms with E-state index >= 15 is 0 Å². The maximum Gasteiger partial charge on any atom is 0.419 e. The van der Waals surface area contributed by atoms with E-state index in [0.717, 1.165) is 6.07 Å². The molecule has 2 rings (SSSR count). The van der Waals surface area contributed by atoms with Crippen molar-refractivity contribution < 1.29 is 17.9 Å². The van der Waals surface area contributed by atoms with Gasteiger partial charge in [0.2, 0.25) is 0 Å². The van der Waals surface area contributed by atoms with Crippen LogP contribution in [0.4, 0.5) is 13.2 Å². The normalized spacial score (nSPS) is 12.0. The Hall–Kier alpha value is -2.02. The highest BCUT2D eigenvalue weighted by molar-refractivity contribution is 5.64. The van der Waals surface area contributed by atoms with Crippen molar-refractivity contribution in [3.63, 3.8) is 0 Å². The van der Waals surface area contributed by atoms with Gasteiger partial charge in [-0.25, -0.2) is 0 Å². The molecule has 0 bridgehead atoms. The zero-order chi connectivity index (χ0) is 17.0. The maximum absolute atomic E-state index is 13.3. The molecule has 2 N–H and O–H groups in total. The predicted octanol–water partition coefficient (Wildman–Crippen LogP) is 3.56. The van der Waals surface area contributed by atoms with Crippen LogP contribution >= 0.6 is 0 Å². The molecule has 0 radical (unpaired) electrons. The fourth-order valence-electron chi connectivity index (χ4n) is 2.08. The first-order chi connectivity index (χ1) is 10.8. The van der Waals surface area contributed by atoms with Crippen LogP contribution in [0.1, 0.15) is 19.4 Å².